The standard InChI is InChI=1S/C13H16N4OS/c18-12(16-11-2-9-19-10-11)13(3-6-14-7-4-13)17-8-1-5-15-17/h1-2,5,8-10,14H,3-4,6-7H2,(H,16,18). The predicted molar refractivity (Wildman–Crippen MR) is 75.3 cm³/mol. The van der Waals surface area contributed by atoms with Gasteiger partial charge in [0.1, 0.15) is 5.54 Å². The minimum absolute atomic E-state index is 0.0242. The van der Waals surface area contributed by atoms with Gasteiger partial charge in [0.05, 0.1) is 5.69 Å². The van der Waals surface area contributed by atoms with Crippen LogP contribution in [0.4, 0.5) is 5.69 Å². The van der Waals surface area contributed by atoms with Crippen LogP contribution in [0.2, 0.25) is 0 Å². The Labute approximate surface area is 115 Å². The van der Waals surface area contributed by atoms with Crippen molar-refractivity contribution in [2.75, 3.05) is 18.4 Å². The first-order valence-corrected chi connectivity index (χ1v) is 7.30. The summed E-state index contributed by atoms with van der Waals surface area (Å²) in [5.74, 6) is 0.0242. The van der Waals surface area contributed by atoms with E-state index in [0.717, 1.165) is 31.6 Å². The van der Waals surface area contributed by atoms with E-state index in [-0.39, 0.29) is 5.91 Å². The van der Waals surface area contributed by atoms with Crippen molar-refractivity contribution < 1.29 is 4.79 Å². The van der Waals surface area contributed by atoms with Crippen LogP contribution in [0.1, 0.15) is 12.8 Å². The van der Waals surface area contributed by atoms with Crippen LogP contribution in [0, 0.1) is 0 Å². The Bertz CT molecular complexity index is 529. The zero-order valence-electron chi connectivity index (χ0n) is 10.5. The zero-order valence-corrected chi connectivity index (χ0v) is 11.3. The largest absolute Gasteiger partial charge is 0.323 e. The number of carbonyl (C=O) groups is 1. The molecule has 2 aromatic rings. The van der Waals surface area contributed by atoms with Crippen LogP contribution in [-0.2, 0) is 10.3 Å². The van der Waals surface area contributed by atoms with Crippen molar-refractivity contribution in [1.29, 1.82) is 0 Å². The van der Waals surface area contributed by atoms with Gasteiger partial charge in [-0.1, -0.05) is 0 Å². The topological polar surface area (TPSA) is 59.0 Å². The number of carbonyl (C=O) groups excluding carboxylic acids is 1. The molecule has 2 N–H and O–H groups in total. The highest BCUT2D eigenvalue weighted by Gasteiger charge is 2.41. The fourth-order valence-electron chi connectivity index (χ4n) is 2.51. The quantitative estimate of drug-likeness (QED) is 0.896. The van der Waals surface area contributed by atoms with Gasteiger partial charge in [-0.3, -0.25) is 9.48 Å². The average Bonchev–Trinajstić information content (AvgIpc) is 3.12. The van der Waals surface area contributed by atoms with Crippen LogP contribution >= 0.6 is 11.3 Å². The number of hydrogen-bond acceptors (Lipinski definition) is 4. The molecule has 6 heteroatoms. The van der Waals surface area contributed by atoms with Gasteiger partial charge in [-0.15, -0.1) is 0 Å². The molecule has 3 heterocycles. The molecule has 3 rings (SSSR count). The van der Waals surface area contributed by atoms with E-state index in [1.54, 1.807) is 22.2 Å². The van der Waals surface area contributed by atoms with Crippen molar-refractivity contribution in [3.05, 3.63) is 35.3 Å². The van der Waals surface area contributed by atoms with E-state index in [9.17, 15) is 4.79 Å². The summed E-state index contributed by atoms with van der Waals surface area (Å²) < 4.78 is 1.80. The molecule has 1 aliphatic rings. The molecule has 1 aliphatic heterocycles. The van der Waals surface area contributed by atoms with Crippen LogP contribution in [0.5, 0.6) is 0 Å². The van der Waals surface area contributed by atoms with Crippen LogP contribution in [-0.4, -0.2) is 28.8 Å². The molecular formula is C13H16N4OS. The molecule has 0 saturated carbocycles. The fourth-order valence-corrected chi connectivity index (χ4v) is 3.09. The van der Waals surface area contributed by atoms with Gasteiger partial charge in [0, 0.05) is 17.8 Å². The van der Waals surface area contributed by atoms with Crippen molar-refractivity contribution in [3.8, 4) is 0 Å². The SMILES string of the molecule is O=C(Nc1ccsc1)C1(n2cccn2)CCNCC1. The first-order valence-electron chi connectivity index (χ1n) is 6.36. The van der Waals surface area contributed by atoms with E-state index in [2.05, 4.69) is 15.7 Å². The molecular weight excluding hydrogens is 260 g/mol. The van der Waals surface area contributed by atoms with Gasteiger partial charge < -0.3 is 10.6 Å². The van der Waals surface area contributed by atoms with Crippen molar-refractivity contribution in [2.24, 2.45) is 0 Å². The number of anilines is 1. The second kappa shape index (κ2) is 5.14. The van der Waals surface area contributed by atoms with Crippen LogP contribution in [0.25, 0.3) is 0 Å². The van der Waals surface area contributed by atoms with Crippen molar-refractivity contribution >= 4 is 22.9 Å². The number of aromatic nitrogens is 2. The third-order valence-electron chi connectivity index (χ3n) is 3.58. The molecule has 0 aromatic carbocycles. The number of hydrogen-bond donors (Lipinski definition) is 2. The van der Waals surface area contributed by atoms with Gasteiger partial charge in [0.2, 0.25) is 0 Å². The average molecular weight is 276 g/mol. The van der Waals surface area contributed by atoms with Gasteiger partial charge in [-0.2, -0.15) is 16.4 Å². The number of thiophene rings is 1. The number of rotatable bonds is 3. The summed E-state index contributed by atoms with van der Waals surface area (Å²) >= 11 is 1.58. The molecule has 100 valence electrons. The third-order valence-corrected chi connectivity index (χ3v) is 4.26. The maximum atomic E-state index is 12.7. The zero-order chi connectivity index (χ0) is 13.1. The predicted octanol–water partition coefficient (Wildman–Crippen LogP) is 1.66. The minimum Gasteiger partial charge on any atom is -0.323 e. The summed E-state index contributed by atoms with van der Waals surface area (Å²) in [4.78, 5) is 12.7. The summed E-state index contributed by atoms with van der Waals surface area (Å²) in [7, 11) is 0. The molecule has 19 heavy (non-hydrogen) atoms. The van der Waals surface area contributed by atoms with Crippen LogP contribution in [0.3, 0.4) is 0 Å². The lowest BCUT2D eigenvalue weighted by atomic mass is 9.87. The smallest absolute Gasteiger partial charge is 0.252 e. The van der Waals surface area contributed by atoms with Crippen molar-refractivity contribution in [2.45, 2.75) is 18.4 Å². The molecule has 0 aliphatic carbocycles. The molecule has 1 amide bonds. The highest BCUT2D eigenvalue weighted by molar-refractivity contribution is 7.08. The van der Waals surface area contributed by atoms with Crippen molar-refractivity contribution in [1.82, 2.24) is 15.1 Å². The molecule has 2 aromatic heterocycles. The Morgan fingerprint density at radius 2 is 2.32 bits per heavy atom. The second-order valence-corrected chi connectivity index (χ2v) is 5.48. The van der Waals surface area contributed by atoms with E-state index in [0.29, 0.717) is 0 Å². The van der Waals surface area contributed by atoms with E-state index >= 15 is 0 Å². The van der Waals surface area contributed by atoms with E-state index in [1.165, 1.54) is 0 Å². The van der Waals surface area contributed by atoms with Gasteiger partial charge in [0.25, 0.3) is 5.91 Å². The maximum Gasteiger partial charge on any atom is 0.252 e. The maximum absolute atomic E-state index is 12.7. The van der Waals surface area contributed by atoms with Gasteiger partial charge in [0.15, 0.2) is 0 Å². The summed E-state index contributed by atoms with van der Waals surface area (Å²) in [6.07, 6.45) is 5.11. The lowest BCUT2D eigenvalue weighted by molar-refractivity contribution is -0.126. The summed E-state index contributed by atoms with van der Waals surface area (Å²) in [5, 5.41) is 14.5. The Morgan fingerprint density at radius 3 is 2.95 bits per heavy atom. The Balaban J connectivity index is 1.88. The van der Waals surface area contributed by atoms with Gasteiger partial charge in [-0.25, -0.2) is 0 Å². The first kappa shape index (κ1) is 12.4. The van der Waals surface area contributed by atoms with E-state index < -0.39 is 5.54 Å². The molecule has 0 atom stereocenters. The summed E-state index contributed by atoms with van der Waals surface area (Å²) in [6.45, 7) is 1.66. The molecule has 5 nitrogen and oxygen atoms in total. The van der Waals surface area contributed by atoms with Gasteiger partial charge in [-0.05, 0) is 43.4 Å². The summed E-state index contributed by atoms with van der Waals surface area (Å²) in [6, 6.07) is 3.78. The fraction of sp³-hybridized carbons (Fsp3) is 0.385. The number of piperidine rings is 1. The van der Waals surface area contributed by atoms with Gasteiger partial charge >= 0.3 is 0 Å². The van der Waals surface area contributed by atoms with E-state index in [4.69, 9.17) is 0 Å². The Morgan fingerprint density at radius 1 is 1.47 bits per heavy atom. The molecule has 1 saturated heterocycles. The minimum atomic E-state index is -0.573. The lowest BCUT2D eigenvalue weighted by Gasteiger charge is -2.36. The van der Waals surface area contributed by atoms with Crippen LogP contribution in [0.15, 0.2) is 35.3 Å². The lowest BCUT2D eigenvalue weighted by Crippen LogP contribution is -2.52. The second-order valence-electron chi connectivity index (χ2n) is 4.70. The summed E-state index contributed by atoms with van der Waals surface area (Å²) in [5.41, 5.74) is 0.288. The first-order chi connectivity index (χ1) is 9.31. The molecule has 1 fully saturated rings. The Hall–Kier alpha value is -1.66. The third kappa shape index (κ3) is 2.29. The number of amides is 1. The van der Waals surface area contributed by atoms with Crippen LogP contribution < -0.4 is 10.6 Å². The number of nitrogens with zero attached hydrogens (tertiary/aromatic N) is 2. The monoisotopic (exact) mass is 276 g/mol. The highest BCUT2D eigenvalue weighted by Crippen LogP contribution is 2.29. The molecule has 0 bridgehead atoms. The molecule has 0 radical (unpaired) electrons. The highest BCUT2D eigenvalue weighted by atomic mass is 32.1. The molecule has 0 spiro atoms. The number of nitrogens with one attached hydrogen (secondary N) is 2. The Kier molecular flexibility index (Phi) is 3.35. The van der Waals surface area contributed by atoms with Crippen molar-refractivity contribution in [3.63, 3.8) is 0 Å². The molecule has 0 unspecified atom stereocenters. The normalized spacial score (nSPS) is 18.1. The van der Waals surface area contributed by atoms with E-state index in [1.807, 2.05) is 29.1 Å².